The van der Waals surface area contributed by atoms with Crippen LogP contribution in [0.5, 0.6) is 0 Å². The van der Waals surface area contributed by atoms with Gasteiger partial charge in [-0.15, -0.1) is 34.4 Å². The van der Waals surface area contributed by atoms with Crippen molar-refractivity contribution in [3.63, 3.8) is 0 Å². The molecule has 3 N–H and O–H groups in total. The molecule has 1 unspecified atom stereocenters. The summed E-state index contributed by atoms with van der Waals surface area (Å²) in [6.45, 7) is 1.81. The van der Waals surface area contributed by atoms with Gasteiger partial charge in [-0.1, -0.05) is 36.4 Å². The van der Waals surface area contributed by atoms with Gasteiger partial charge < -0.3 is 16.0 Å². The number of nitrogens with one attached hydrogen (secondary N) is 3. The van der Waals surface area contributed by atoms with Crippen LogP contribution in [0.3, 0.4) is 0 Å². The van der Waals surface area contributed by atoms with Gasteiger partial charge in [0.1, 0.15) is 5.70 Å². The molecule has 8 nitrogen and oxygen atoms in total. The van der Waals surface area contributed by atoms with E-state index in [1.165, 1.54) is 23.1 Å². The van der Waals surface area contributed by atoms with Crippen LogP contribution in [0.4, 0.5) is 10.8 Å². The van der Waals surface area contributed by atoms with Crippen molar-refractivity contribution in [1.29, 1.82) is 0 Å². The van der Waals surface area contributed by atoms with Crippen LogP contribution in [0, 0.1) is 0 Å². The van der Waals surface area contributed by atoms with Crippen LogP contribution < -0.4 is 16.0 Å². The second-order valence-corrected chi connectivity index (χ2v) is 12.1. The normalized spacial score (nSPS) is 11.9. The minimum absolute atomic E-state index is 0.0630. The quantitative estimate of drug-likeness (QED) is 0.118. The van der Waals surface area contributed by atoms with Crippen molar-refractivity contribution in [2.75, 3.05) is 10.6 Å². The Balaban J connectivity index is 1.24. The third-order valence-corrected chi connectivity index (χ3v) is 8.55. The first-order valence-corrected chi connectivity index (χ1v) is 15.4. The van der Waals surface area contributed by atoms with Gasteiger partial charge in [0.25, 0.3) is 11.8 Å². The third-order valence-electron chi connectivity index (χ3n) is 5.81. The minimum atomic E-state index is -0.499. The fourth-order valence-corrected chi connectivity index (χ4v) is 6.15. The number of anilines is 2. The molecule has 5 rings (SSSR count). The van der Waals surface area contributed by atoms with Crippen molar-refractivity contribution >= 4 is 69.1 Å². The van der Waals surface area contributed by atoms with E-state index in [1.54, 1.807) is 84.4 Å². The Bertz CT molecular complexity index is 1700. The molecular formula is C31H25N5O3S3. The number of benzene rings is 2. The summed E-state index contributed by atoms with van der Waals surface area (Å²) in [5.41, 5.74) is 2.50. The molecule has 210 valence electrons. The van der Waals surface area contributed by atoms with Crippen LogP contribution in [-0.2, 0) is 9.59 Å². The van der Waals surface area contributed by atoms with Crippen LogP contribution in [0.1, 0.15) is 22.8 Å². The van der Waals surface area contributed by atoms with E-state index in [2.05, 4.69) is 25.9 Å². The summed E-state index contributed by atoms with van der Waals surface area (Å²) in [6, 6.07) is 23.3. The molecule has 0 radical (unpaired) electrons. The molecule has 0 aliphatic rings. The second-order valence-electron chi connectivity index (χ2n) is 8.91. The zero-order chi connectivity index (χ0) is 29.3. The van der Waals surface area contributed by atoms with Gasteiger partial charge in [0.05, 0.1) is 15.8 Å². The molecule has 5 aromatic rings. The number of hydrogen-bond acceptors (Lipinski definition) is 8. The Labute approximate surface area is 255 Å². The third kappa shape index (κ3) is 7.78. The fourth-order valence-electron chi connectivity index (χ4n) is 3.75. The molecule has 42 heavy (non-hydrogen) atoms. The summed E-state index contributed by atoms with van der Waals surface area (Å²) in [6.07, 6.45) is 4.79. The van der Waals surface area contributed by atoms with Crippen LogP contribution >= 0.6 is 34.4 Å². The number of carbonyl (C=O) groups excluding carboxylic acids is 3. The van der Waals surface area contributed by atoms with E-state index in [9.17, 15) is 14.4 Å². The molecule has 0 aliphatic heterocycles. The first kappa shape index (κ1) is 28.9. The van der Waals surface area contributed by atoms with Crippen molar-refractivity contribution in [1.82, 2.24) is 15.3 Å². The largest absolute Gasteiger partial charge is 0.321 e. The molecule has 3 aromatic heterocycles. The summed E-state index contributed by atoms with van der Waals surface area (Å²) < 4.78 is 0. The maximum Gasteiger partial charge on any atom is 0.272 e. The highest BCUT2D eigenvalue weighted by Crippen LogP contribution is 2.30. The van der Waals surface area contributed by atoms with Crippen LogP contribution in [0.25, 0.3) is 16.6 Å². The molecule has 0 fully saturated rings. The molecule has 2 aromatic carbocycles. The van der Waals surface area contributed by atoms with Gasteiger partial charge in [0, 0.05) is 33.9 Å². The molecule has 3 heterocycles. The van der Waals surface area contributed by atoms with E-state index >= 15 is 0 Å². The lowest BCUT2D eigenvalue weighted by molar-refractivity contribution is -0.115. The topological polar surface area (TPSA) is 113 Å². The number of rotatable bonds is 10. The highest BCUT2D eigenvalue weighted by Gasteiger charge is 2.18. The van der Waals surface area contributed by atoms with Crippen LogP contribution in [0.15, 0.2) is 113 Å². The van der Waals surface area contributed by atoms with E-state index in [0.29, 0.717) is 21.9 Å². The van der Waals surface area contributed by atoms with E-state index < -0.39 is 17.1 Å². The number of thiazole rings is 1. The summed E-state index contributed by atoms with van der Waals surface area (Å²) in [5, 5.41) is 12.5. The standard InChI is InChI=1S/C31H25N5O3S3/c1-20(28(37)36-31-35-26(19-41-31)27-13-7-15-40-27)42-24-12-5-11-23(17-24)33-30(39)25(16-21-8-6-14-32-18-21)34-29(38)22-9-3-2-4-10-22/h2-20H,1H3,(H,33,39)(H,34,38)(H,35,36,37)/b25-16-. The summed E-state index contributed by atoms with van der Waals surface area (Å²) >= 11 is 4.34. The highest BCUT2D eigenvalue weighted by molar-refractivity contribution is 8.00. The van der Waals surface area contributed by atoms with E-state index in [0.717, 1.165) is 15.5 Å². The molecule has 0 aliphatic carbocycles. The maximum atomic E-state index is 13.3. The number of thioether (sulfide) groups is 1. The Kier molecular flexibility index (Phi) is 9.55. The van der Waals surface area contributed by atoms with Gasteiger partial charge in [-0.3, -0.25) is 19.4 Å². The SMILES string of the molecule is CC(Sc1cccc(NC(=O)/C(=C/c2cccnc2)NC(=O)c2ccccc2)c1)C(=O)Nc1nc(-c2cccs2)cs1. The number of amides is 3. The predicted octanol–water partition coefficient (Wildman–Crippen LogP) is 6.80. The summed E-state index contributed by atoms with van der Waals surface area (Å²) in [4.78, 5) is 49.5. The first-order valence-electron chi connectivity index (χ1n) is 12.8. The van der Waals surface area contributed by atoms with E-state index in [1.807, 2.05) is 41.9 Å². The van der Waals surface area contributed by atoms with Gasteiger partial charge in [0.15, 0.2) is 5.13 Å². The Morgan fingerprint density at radius 3 is 2.55 bits per heavy atom. The van der Waals surface area contributed by atoms with E-state index in [4.69, 9.17) is 0 Å². The van der Waals surface area contributed by atoms with Crippen molar-refractivity contribution in [3.8, 4) is 10.6 Å². The maximum absolute atomic E-state index is 13.3. The zero-order valence-corrected chi connectivity index (χ0v) is 24.8. The number of aromatic nitrogens is 2. The van der Waals surface area contributed by atoms with Gasteiger partial charge in [-0.25, -0.2) is 4.98 Å². The van der Waals surface area contributed by atoms with Crippen molar-refractivity contribution in [3.05, 3.63) is 119 Å². The number of hydrogen-bond donors (Lipinski definition) is 3. The molecule has 0 saturated carbocycles. The van der Waals surface area contributed by atoms with Crippen molar-refractivity contribution in [2.45, 2.75) is 17.1 Å². The predicted molar refractivity (Wildman–Crippen MR) is 171 cm³/mol. The lowest BCUT2D eigenvalue weighted by atomic mass is 10.2. The van der Waals surface area contributed by atoms with Gasteiger partial charge in [-0.2, -0.15) is 0 Å². The van der Waals surface area contributed by atoms with E-state index in [-0.39, 0.29) is 11.6 Å². The monoisotopic (exact) mass is 611 g/mol. The second kappa shape index (κ2) is 13.9. The van der Waals surface area contributed by atoms with Crippen LogP contribution in [-0.4, -0.2) is 32.9 Å². The first-order chi connectivity index (χ1) is 20.4. The molecule has 11 heteroatoms. The van der Waals surface area contributed by atoms with Crippen LogP contribution in [0.2, 0.25) is 0 Å². The molecule has 3 amide bonds. The van der Waals surface area contributed by atoms with Gasteiger partial charge >= 0.3 is 0 Å². The lowest BCUT2D eigenvalue weighted by Gasteiger charge is -2.13. The Morgan fingerprint density at radius 1 is 0.929 bits per heavy atom. The molecule has 0 saturated heterocycles. The fraction of sp³-hybridized carbons (Fsp3) is 0.0645. The summed E-state index contributed by atoms with van der Waals surface area (Å²) in [5.74, 6) is -1.08. The average molecular weight is 612 g/mol. The smallest absolute Gasteiger partial charge is 0.272 e. The number of carbonyl (C=O) groups is 3. The van der Waals surface area contributed by atoms with Gasteiger partial charge in [0.2, 0.25) is 5.91 Å². The zero-order valence-electron chi connectivity index (χ0n) is 22.3. The molecule has 0 bridgehead atoms. The van der Waals surface area contributed by atoms with Crippen molar-refractivity contribution < 1.29 is 14.4 Å². The Hall–Kier alpha value is -4.58. The summed E-state index contributed by atoms with van der Waals surface area (Å²) in [7, 11) is 0. The highest BCUT2D eigenvalue weighted by atomic mass is 32.2. The molecular weight excluding hydrogens is 587 g/mol. The number of thiophene rings is 1. The average Bonchev–Trinajstić information content (AvgIpc) is 3.71. The molecule has 1 atom stereocenters. The minimum Gasteiger partial charge on any atom is -0.321 e. The van der Waals surface area contributed by atoms with Crippen molar-refractivity contribution in [2.24, 2.45) is 0 Å². The Morgan fingerprint density at radius 2 is 1.79 bits per heavy atom. The molecule has 0 spiro atoms. The number of nitrogens with zero attached hydrogens (tertiary/aromatic N) is 2. The lowest BCUT2D eigenvalue weighted by Crippen LogP contribution is -2.30. The van der Waals surface area contributed by atoms with Gasteiger partial charge in [-0.05, 0) is 66.4 Å². The number of pyridine rings is 1.